The number of carbonyl (C=O) groups is 1. The molecule has 0 amide bonds. The third kappa shape index (κ3) is 2.95. The predicted octanol–water partition coefficient (Wildman–Crippen LogP) is 2.22. The van der Waals surface area contributed by atoms with Crippen molar-refractivity contribution in [2.24, 2.45) is 5.73 Å². The molecule has 2 rings (SSSR count). The molecule has 2 aromatic heterocycles. The van der Waals surface area contributed by atoms with Crippen LogP contribution in [0.15, 0.2) is 17.5 Å². The average molecular weight is 282 g/mol. The Balaban J connectivity index is 2.09. The maximum atomic E-state index is 11.2. The zero-order chi connectivity index (χ0) is 13.1. The van der Waals surface area contributed by atoms with Gasteiger partial charge in [-0.2, -0.15) is 0 Å². The van der Waals surface area contributed by atoms with Gasteiger partial charge in [0.2, 0.25) is 0 Å². The molecular weight excluding hydrogens is 268 g/mol. The minimum atomic E-state index is -0.598. The van der Waals surface area contributed by atoms with Gasteiger partial charge in [-0.25, -0.2) is 4.98 Å². The number of nitrogens with zero attached hydrogens (tertiary/aromatic N) is 1. The summed E-state index contributed by atoms with van der Waals surface area (Å²) in [5.41, 5.74) is 6.72. The summed E-state index contributed by atoms with van der Waals surface area (Å²) >= 11 is 3.24. The first kappa shape index (κ1) is 13.2. The molecule has 4 nitrogen and oxygen atoms in total. The number of rotatable bonds is 4. The highest BCUT2D eigenvalue weighted by Crippen LogP contribution is 2.29. The van der Waals surface area contributed by atoms with Crippen molar-refractivity contribution in [2.45, 2.75) is 19.4 Å². The Hall–Kier alpha value is -1.24. The minimum Gasteiger partial charge on any atom is -0.468 e. The second kappa shape index (κ2) is 5.60. The van der Waals surface area contributed by atoms with Crippen LogP contribution in [0.3, 0.4) is 0 Å². The molecule has 2 N–H and O–H groups in total. The lowest BCUT2D eigenvalue weighted by molar-refractivity contribution is -0.142. The van der Waals surface area contributed by atoms with Crippen molar-refractivity contribution in [3.05, 3.63) is 27.4 Å². The summed E-state index contributed by atoms with van der Waals surface area (Å²) in [4.78, 5) is 17.8. The van der Waals surface area contributed by atoms with E-state index >= 15 is 0 Å². The maximum Gasteiger partial charge on any atom is 0.323 e. The second-order valence-electron chi connectivity index (χ2n) is 3.85. The lowest BCUT2D eigenvalue weighted by Gasteiger charge is -2.06. The van der Waals surface area contributed by atoms with E-state index in [2.05, 4.69) is 9.72 Å². The first-order valence-electron chi connectivity index (χ1n) is 5.44. The standard InChI is InChI=1S/C12H14N2O2S2/c1-7-14-10(6-17-7)11-4-3-8(18-11)5-9(13)12(15)16-2/h3-4,6,9H,5,13H2,1-2H3. The van der Waals surface area contributed by atoms with Crippen molar-refractivity contribution in [1.82, 2.24) is 4.98 Å². The number of esters is 1. The first-order chi connectivity index (χ1) is 8.60. The largest absolute Gasteiger partial charge is 0.468 e. The molecule has 6 heteroatoms. The quantitative estimate of drug-likeness (QED) is 0.873. The van der Waals surface area contributed by atoms with Gasteiger partial charge < -0.3 is 10.5 Å². The van der Waals surface area contributed by atoms with E-state index in [0.717, 1.165) is 20.5 Å². The van der Waals surface area contributed by atoms with Crippen LogP contribution in [-0.4, -0.2) is 24.1 Å². The van der Waals surface area contributed by atoms with Crippen LogP contribution in [-0.2, 0) is 16.0 Å². The molecule has 0 aromatic carbocycles. The summed E-state index contributed by atoms with van der Waals surface area (Å²) < 4.78 is 4.61. The Kier molecular flexibility index (Phi) is 4.11. The molecule has 0 radical (unpaired) electrons. The molecule has 0 aliphatic heterocycles. The molecule has 0 spiro atoms. The Morgan fingerprint density at radius 2 is 2.33 bits per heavy atom. The molecule has 0 saturated carbocycles. The van der Waals surface area contributed by atoms with Gasteiger partial charge in [0.15, 0.2) is 0 Å². The van der Waals surface area contributed by atoms with E-state index in [0.29, 0.717) is 6.42 Å². The van der Waals surface area contributed by atoms with Crippen LogP contribution in [0.1, 0.15) is 9.88 Å². The summed E-state index contributed by atoms with van der Waals surface area (Å²) in [5, 5.41) is 3.08. The van der Waals surface area contributed by atoms with Gasteiger partial charge in [-0.15, -0.1) is 22.7 Å². The van der Waals surface area contributed by atoms with Gasteiger partial charge in [0.1, 0.15) is 6.04 Å². The van der Waals surface area contributed by atoms with Gasteiger partial charge in [0, 0.05) is 16.7 Å². The second-order valence-corrected chi connectivity index (χ2v) is 6.08. The van der Waals surface area contributed by atoms with Crippen molar-refractivity contribution < 1.29 is 9.53 Å². The van der Waals surface area contributed by atoms with E-state index in [9.17, 15) is 4.79 Å². The molecule has 2 aromatic rings. The highest BCUT2D eigenvalue weighted by atomic mass is 32.1. The minimum absolute atomic E-state index is 0.380. The number of thiazole rings is 1. The van der Waals surface area contributed by atoms with E-state index in [1.165, 1.54) is 7.11 Å². The number of nitrogens with two attached hydrogens (primary N) is 1. The van der Waals surface area contributed by atoms with E-state index < -0.39 is 6.04 Å². The van der Waals surface area contributed by atoms with Crippen molar-refractivity contribution in [3.8, 4) is 10.6 Å². The Morgan fingerprint density at radius 1 is 1.56 bits per heavy atom. The molecule has 0 aliphatic rings. The molecule has 0 saturated heterocycles. The van der Waals surface area contributed by atoms with E-state index in [1.54, 1.807) is 22.7 Å². The fraction of sp³-hybridized carbons (Fsp3) is 0.333. The number of carbonyl (C=O) groups excluding carboxylic acids is 1. The lowest BCUT2D eigenvalue weighted by Crippen LogP contribution is -2.33. The zero-order valence-electron chi connectivity index (χ0n) is 10.2. The van der Waals surface area contributed by atoms with Crippen LogP contribution in [0, 0.1) is 6.92 Å². The summed E-state index contributed by atoms with van der Waals surface area (Å²) in [6.07, 6.45) is 0.500. The molecule has 1 unspecified atom stereocenters. The molecule has 1 atom stereocenters. The molecule has 96 valence electrons. The van der Waals surface area contributed by atoms with Crippen LogP contribution < -0.4 is 5.73 Å². The van der Waals surface area contributed by atoms with Gasteiger partial charge in [-0.3, -0.25) is 4.79 Å². The van der Waals surface area contributed by atoms with Crippen LogP contribution >= 0.6 is 22.7 Å². The molecule has 0 fully saturated rings. The van der Waals surface area contributed by atoms with Crippen LogP contribution in [0.5, 0.6) is 0 Å². The predicted molar refractivity (Wildman–Crippen MR) is 73.9 cm³/mol. The number of thiophene rings is 1. The summed E-state index contributed by atoms with van der Waals surface area (Å²) in [6, 6.07) is 3.40. The van der Waals surface area contributed by atoms with Gasteiger partial charge in [-0.1, -0.05) is 0 Å². The molecule has 18 heavy (non-hydrogen) atoms. The zero-order valence-corrected chi connectivity index (χ0v) is 11.8. The van der Waals surface area contributed by atoms with Crippen LogP contribution in [0.2, 0.25) is 0 Å². The number of ether oxygens (including phenoxy) is 1. The third-order valence-electron chi connectivity index (χ3n) is 2.46. The van der Waals surface area contributed by atoms with E-state index in [-0.39, 0.29) is 5.97 Å². The van der Waals surface area contributed by atoms with Crippen LogP contribution in [0.4, 0.5) is 0 Å². The Labute approximate surface area is 113 Å². The smallest absolute Gasteiger partial charge is 0.323 e. The normalized spacial score (nSPS) is 12.4. The topological polar surface area (TPSA) is 65.2 Å². The highest BCUT2D eigenvalue weighted by Gasteiger charge is 2.16. The maximum absolute atomic E-state index is 11.2. The third-order valence-corrected chi connectivity index (χ3v) is 4.36. The first-order valence-corrected chi connectivity index (χ1v) is 7.14. The number of hydrogen-bond acceptors (Lipinski definition) is 6. The summed E-state index contributed by atoms with van der Waals surface area (Å²) in [7, 11) is 1.35. The lowest BCUT2D eigenvalue weighted by atomic mass is 10.2. The molecular formula is C12H14N2O2S2. The number of methoxy groups -OCH3 is 1. The SMILES string of the molecule is COC(=O)C(N)Cc1ccc(-c2csc(C)n2)s1. The van der Waals surface area contributed by atoms with Crippen molar-refractivity contribution in [1.29, 1.82) is 0 Å². The summed E-state index contributed by atoms with van der Waals surface area (Å²) in [5.74, 6) is -0.380. The number of aryl methyl sites for hydroxylation is 1. The molecule has 0 bridgehead atoms. The fourth-order valence-electron chi connectivity index (χ4n) is 1.55. The van der Waals surface area contributed by atoms with Crippen molar-refractivity contribution in [3.63, 3.8) is 0 Å². The van der Waals surface area contributed by atoms with Crippen molar-refractivity contribution >= 4 is 28.6 Å². The Bertz CT molecular complexity index is 548. The van der Waals surface area contributed by atoms with Gasteiger partial charge >= 0.3 is 5.97 Å². The van der Waals surface area contributed by atoms with Gasteiger partial charge in [0.05, 0.1) is 22.7 Å². The fourth-order valence-corrected chi connectivity index (χ4v) is 3.27. The Morgan fingerprint density at radius 3 is 2.94 bits per heavy atom. The number of aromatic nitrogens is 1. The van der Waals surface area contributed by atoms with E-state index in [4.69, 9.17) is 5.73 Å². The number of hydrogen-bond donors (Lipinski definition) is 1. The molecule has 0 aliphatic carbocycles. The summed E-state index contributed by atoms with van der Waals surface area (Å²) in [6.45, 7) is 1.98. The van der Waals surface area contributed by atoms with Crippen molar-refractivity contribution in [2.75, 3.05) is 7.11 Å². The molecule has 2 heterocycles. The van der Waals surface area contributed by atoms with E-state index in [1.807, 2.05) is 24.4 Å². The van der Waals surface area contributed by atoms with Gasteiger partial charge in [-0.05, 0) is 19.1 Å². The highest BCUT2D eigenvalue weighted by molar-refractivity contribution is 7.16. The van der Waals surface area contributed by atoms with Gasteiger partial charge in [0.25, 0.3) is 0 Å². The van der Waals surface area contributed by atoms with Crippen LogP contribution in [0.25, 0.3) is 10.6 Å². The monoisotopic (exact) mass is 282 g/mol. The average Bonchev–Trinajstić information content (AvgIpc) is 2.96.